The second-order valence-corrected chi connectivity index (χ2v) is 5.54. The summed E-state index contributed by atoms with van der Waals surface area (Å²) in [4.78, 5) is 18.6. The number of nitrogens with zero attached hydrogens (tertiary/aromatic N) is 2. The van der Waals surface area contributed by atoms with Crippen LogP contribution in [0.2, 0.25) is 5.28 Å². The lowest BCUT2D eigenvalue weighted by Gasteiger charge is -2.36. The number of alkyl carbamates (subject to hydrolysis) is 1. The molecule has 2 fully saturated rings. The van der Waals surface area contributed by atoms with Crippen molar-refractivity contribution >= 4 is 23.5 Å². The molecule has 6 nitrogen and oxygen atoms in total. The number of hydrogen-bond acceptors (Lipinski definition) is 5. The van der Waals surface area contributed by atoms with Gasteiger partial charge in [0.15, 0.2) is 11.6 Å². The molecule has 1 saturated carbocycles. The molecule has 1 unspecified atom stereocenters. The van der Waals surface area contributed by atoms with Gasteiger partial charge in [0.25, 0.3) is 0 Å². The Morgan fingerprint density at radius 2 is 2.45 bits per heavy atom. The molecule has 3 rings (SSSR count). The summed E-state index contributed by atoms with van der Waals surface area (Å²) in [5.41, 5.74) is -0.486. The summed E-state index contributed by atoms with van der Waals surface area (Å²) >= 11 is 5.67. The van der Waals surface area contributed by atoms with Gasteiger partial charge in [-0.3, -0.25) is 0 Å². The van der Waals surface area contributed by atoms with Crippen molar-refractivity contribution in [2.24, 2.45) is 0 Å². The van der Waals surface area contributed by atoms with E-state index in [1.54, 1.807) is 0 Å². The molecule has 0 bridgehead atoms. The van der Waals surface area contributed by atoms with Crippen molar-refractivity contribution in [1.29, 1.82) is 0 Å². The normalized spacial score (nSPS) is 29.1. The second kappa shape index (κ2) is 5.05. The summed E-state index contributed by atoms with van der Waals surface area (Å²) in [5.74, 6) is -0.458. The van der Waals surface area contributed by atoms with E-state index in [1.165, 1.54) is 0 Å². The molecule has 0 aromatic carbocycles. The van der Waals surface area contributed by atoms with Crippen molar-refractivity contribution in [3.63, 3.8) is 0 Å². The van der Waals surface area contributed by atoms with Gasteiger partial charge in [-0.05, 0) is 30.9 Å². The van der Waals surface area contributed by atoms with Crippen LogP contribution in [0.5, 0.6) is 0 Å². The topological polar surface area (TPSA) is 76.1 Å². The first-order valence-corrected chi connectivity index (χ1v) is 6.86. The molecule has 2 aliphatic rings. The van der Waals surface area contributed by atoms with Crippen molar-refractivity contribution < 1.29 is 13.9 Å². The van der Waals surface area contributed by atoms with E-state index in [-0.39, 0.29) is 23.2 Å². The van der Waals surface area contributed by atoms with Crippen LogP contribution in [-0.2, 0) is 4.74 Å². The fourth-order valence-corrected chi connectivity index (χ4v) is 2.98. The van der Waals surface area contributed by atoms with Crippen LogP contribution in [-0.4, -0.2) is 34.2 Å². The van der Waals surface area contributed by atoms with E-state index in [4.69, 9.17) is 16.3 Å². The van der Waals surface area contributed by atoms with Crippen molar-refractivity contribution in [2.75, 3.05) is 11.9 Å². The first-order valence-electron chi connectivity index (χ1n) is 6.48. The van der Waals surface area contributed by atoms with E-state index in [0.29, 0.717) is 13.0 Å². The van der Waals surface area contributed by atoms with Crippen molar-refractivity contribution in [1.82, 2.24) is 15.3 Å². The molecule has 1 aliphatic heterocycles. The predicted molar refractivity (Wildman–Crippen MR) is 70.1 cm³/mol. The van der Waals surface area contributed by atoms with Crippen LogP contribution in [0.25, 0.3) is 0 Å². The molecule has 1 aromatic heterocycles. The molecular weight excluding hydrogens is 287 g/mol. The monoisotopic (exact) mass is 300 g/mol. The van der Waals surface area contributed by atoms with Crippen LogP contribution < -0.4 is 10.6 Å². The summed E-state index contributed by atoms with van der Waals surface area (Å²) in [6.07, 6.45) is 3.84. The van der Waals surface area contributed by atoms with Crippen LogP contribution in [0.4, 0.5) is 15.0 Å². The maximum atomic E-state index is 13.6. The number of carbonyl (C=O) groups is 1. The largest absolute Gasteiger partial charge is 0.441 e. The van der Waals surface area contributed by atoms with E-state index in [0.717, 1.165) is 25.5 Å². The summed E-state index contributed by atoms with van der Waals surface area (Å²) in [6.45, 7) is 0.497. The zero-order valence-electron chi connectivity index (χ0n) is 10.7. The Morgan fingerprint density at radius 1 is 1.60 bits per heavy atom. The van der Waals surface area contributed by atoms with Gasteiger partial charge in [-0.1, -0.05) is 0 Å². The highest BCUT2D eigenvalue weighted by molar-refractivity contribution is 6.28. The number of hydrogen-bond donors (Lipinski definition) is 2. The predicted octanol–water partition coefficient (Wildman–Crippen LogP) is 2.10. The average Bonchev–Trinajstić information content (AvgIpc) is 2.75. The Balaban J connectivity index is 1.71. The standard InChI is InChI=1S/C12H14ClFN4O2/c13-10-15-5-8(14)9(18-10)17-7-2-1-3-12(4-7)6-16-11(19)20-12/h5,7H,1-4,6H2,(H,16,19)(H,15,17,18)/t7?,12-/m1/s1. The SMILES string of the molecule is O=C1NC[C@]2(CCCC(Nc3nc(Cl)ncc3F)C2)O1. The molecule has 1 spiro atoms. The van der Waals surface area contributed by atoms with Crippen LogP contribution >= 0.6 is 11.6 Å². The van der Waals surface area contributed by atoms with Gasteiger partial charge >= 0.3 is 6.09 Å². The Labute approximate surface area is 120 Å². The fourth-order valence-electron chi connectivity index (χ4n) is 2.84. The first kappa shape index (κ1) is 13.4. The van der Waals surface area contributed by atoms with Gasteiger partial charge in [0.1, 0.15) is 5.60 Å². The maximum absolute atomic E-state index is 13.6. The van der Waals surface area contributed by atoms with Gasteiger partial charge in [-0.15, -0.1) is 0 Å². The second-order valence-electron chi connectivity index (χ2n) is 5.20. The van der Waals surface area contributed by atoms with Crippen molar-refractivity contribution in [3.8, 4) is 0 Å². The van der Waals surface area contributed by atoms with Gasteiger partial charge in [0, 0.05) is 12.5 Å². The van der Waals surface area contributed by atoms with Crippen molar-refractivity contribution in [2.45, 2.75) is 37.3 Å². The molecule has 2 heterocycles. The number of rotatable bonds is 2. The molecular formula is C12H14ClFN4O2. The lowest BCUT2D eigenvalue weighted by atomic mass is 9.82. The molecule has 1 aromatic rings. The summed E-state index contributed by atoms with van der Waals surface area (Å²) in [7, 11) is 0. The van der Waals surface area contributed by atoms with Gasteiger partial charge in [0.2, 0.25) is 5.28 Å². The van der Waals surface area contributed by atoms with E-state index in [9.17, 15) is 9.18 Å². The van der Waals surface area contributed by atoms with Crippen LogP contribution in [0, 0.1) is 5.82 Å². The van der Waals surface area contributed by atoms with Crippen LogP contribution in [0.15, 0.2) is 6.20 Å². The minimum atomic E-state index is -0.546. The van der Waals surface area contributed by atoms with E-state index in [2.05, 4.69) is 20.6 Å². The summed E-state index contributed by atoms with van der Waals surface area (Å²) < 4.78 is 19.0. The minimum absolute atomic E-state index is 0.00613. The first-order chi connectivity index (χ1) is 9.56. The fraction of sp³-hybridized carbons (Fsp3) is 0.583. The smallest absolute Gasteiger partial charge is 0.407 e. The highest BCUT2D eigenvalue weighted by Crippen LogP contribution is 2.35. The zero-order chi connectivity index (χ0) is 14.2. The third-order valence-electron chi connectivity index (χ3n) is 3.72. The summed E-state index contributed by atoms with van der Waals surface area (Å²) in [6, 6.07) is -0.0167. The molecule has 2 N–H and O–H groups in total. The minimum Gasteiger partial charge on any atom is -0.441 e. The third-order valence-corrected chi connectivity index (χ3v) is 3.91. The van der Waals surface area contributed by atoms with Crippen LogP contribution in [0.1, 0.15) is 25.7 Å². The molecule has 1 saturated heterocycles. The highest BCUT2D eigenvalue weighted by Gasteiger charge is 2.44. The van der Waals surface area contributed by atoms with Gasteiger partial charge in [-0.25, -0.2) is 14.2 Å². The Kier molecular flexibility index (Phi) is 3.37. The molecule has 20 heavy (non-hydrogen) atoms. The number of carbonyl (C=O) groups excluding carboxylic acids is 1. The molecule has 1 aliphatic carbocycles. The van der Waals surface area contributed by atoms with Gasteiger partial charge in [0.05, 0.1) is 12.7 Å². The van der Waals surface area contributed by atoms with Crippen LogP contribution in [0.3, 0.4) is 0 Å². The lowest BCUT2D eigenvalue weighted by Crippen LogP contribution is -2.43. The average molecular weight is 301 g/mol. The van der Waals surface area contributed by atoms with Crippen molar-refractivity contribution in [3.05, 3.63) is 17.3 Å². The van der Waals surface area contributed by atoms with E-state index >= 15 is 0 Å². The molecule has 1 amide bonds. The van der Waals surface area contributed by atoms with Gasteiger partial charge < -0.3 is 15.4 Å². The number of anilines is 1. The van der Waals surface area contributed by atoms with E-state index < -0.39 is 11.4 Å². The molecule has 108 valence electrons. The number of amides is 1. The Morgan fingerprint density at radius 3 is 3.20 bits per heavy atom. The number of aromatic nitrogens is 2. The summed E-state index contributed by atoms with van der Waals surface area (Å²) in [5, 5.41) is 5.70. The van der Waals surface area contributed by atoms with Gasteiger partial charge in [-0.2, -0.15) is 4.98 Å². The Hall–Kier alpha value is -1.63. The molecule has 0 radical (unpaired) electrons. The third kappa shape index (κ3) is 2.63. The number of nitrogens with one attached hydrogen (secondary N) is 2. The molecule has 2 atom stereocenters. The lowest BCUT2D eigenvalue weighted by molar-refractivity contribution is 0.0222. The molecule has 8 heteroatoms. The highest BCUT2D eigenvalue weighted by atomic mass is 35.5. The Bertz CT molecular complexity index is 544. The quantitative estimate of drug-likeness (QED) is 0.818. The maximum Gasteiger partial charge on any atom is 0.407 e. The number of ether oxygens (including phenoxy) is 1. The number of halogens is 2. The van der Waals surface area contributed by atoms with E-state index in [1.807, 2.05) is 0 Å². The zero-order valence-corrected chi connectivity index (χ0v) is 11.4.